The van der Waals surface area contributed by atoms with E-state index in [1.807, 2.05) is 23.4 Å². The Balaban J connectivity index is 1.55. The second-order valence-electron chi connectivity index (χ2n) is 6.99. The lowest BCUT2D eigenvalue weighted by Gasteiger charge is -2.39. The Kier molecular flexibility index (Phi) is 6.23. The van der Waals surface area contributed by atoms with Crippen LogP contribution in [0, 0.1) is 5.92 Å². The number of imidazole rings is 1. The zero-order chi connectivity index (χ0) is 17.6. The molecule has 1 aliphatic rings. The molecule has 0 aliphatic carbocycles. The van der Waals surface area contributed by atoms with E-state index in [1.54, 1.807) is 7.11 Å². The summed E-state index contributed by atoms with van der Waals surface area (Å²) < 4.78 is 9.18. The van der Waals surface area contributed by atoms with Gasteiger partial charge in [-0.1, -0.05) is 0 Å². The number of hydrogen-bond acceptors (Lipinski definition) is 5. The maximum atomic E-state index is 5.09. The van der Waals surface area contributed by atoms with Gasteiger partial charge >= 0.3 is 0 Å². The molecule has 3 heterocycles. The molecule has 2 aromatic rings. The molecule has 1 N–H and O–H groups in total. The molecular weight excluding hydrogens is 316 g/mol. The van der Waals surface area contributed by atoms with Gasteiger partial charge in [-0.15, -0.1) is 0 Å². The molecule has 0 spiro atoms. The van der Waals surface area contributed by atoms with Gasteiger partial charge in [0.25, 0.3) is 0 Å². The molecule has 1 aliphatic heterocycles. The molecule has 25 heavy (non-hydrogen) atoms. The molecule has 2 atom stereocenters. The molecule has 0 bridgehead atoms. The van der Waals surface area contributed by atoms with Crippen molar-refractivity contribution >= 4 is 0 Å². The van der Waals surface area contributed by atoms with Gasteiger partial charge in [-0.3, -0.25) is 9.58 Å². The van der Waals surface area contributed by atoms with Crippen LogP contribution in [-0.2, 0) is 24.9 Å². The summed E-state index contributed by atoms with van der Waals surface area (Å²) >= 11 is 0. The van der Waals surface area contributed by atoms with Crippen molar-refractivity contribution in [1.82, 2.24) is 29.5 Å². The van der Waals surface area contributed by atoms with E-state index in [0.29, 0.717) is 18.6 Å². The summed E-state index contributed by atoms with van der Waals surface area (Å²) in [4.78, 5) is 6.78. The van der Waals surface area contributed by atoms with E-state index in [4.69, 9.17) is 4.74 Å². The van der Waals surface area contributed by atoms with Gasteiger partial charge in [0.2, 0.25) is 0 Å². The lowest BCUT2D eigenvalue weighted by atomic mass is 9.87. The summed E-state index contributed by atoms with van der Waals surface area (Å²) in [5, 5.41) is 8.01. The predicted octanol–water partition coefficient (Wildman–Crippen LogP) is 1.44. The van der Waals surface area contributed by atoms with Crippen molar-refractivity contribution in [2.24, 2.45) is 13.0 Å². The molecule has 0 amide bonds. The number of aryl methyl sites for hydroxylation is 1. The first-order valence-electron chi connectivity index (χ1n) is 9.06. The van der Waals surface area contributed by atoms with Crippen LogP contribution in [0.15, 0.2) is 24.9 Å². The maximum Gasteiger partial charge on any atom is 0.0946 e. The van der Waals surface area contributed by atoms with Crippen molar-refractivity contribution in [3.05, 3.63) is 36.2 Å². The molecular formula is C18H30N6O. The highest BCUT2D eigenvalue weighted by Gasteiger charge is 2.31. The van der Waals surface area contributed by atoms with Crippen molar-refractivity contribution in [3.8, 4) is 0 Å². The van der Waals surface area contributed by atoms with Gasteiger partial charge in [0.05, 0.1) is 37.4 Å². The van der Waals surface area contributed by atoms with Crippen molar-refractivity contribution < 1.29 is 4.74 Å². The molecule has 1 fully saturated rings. The standard InChI is InChI=1S/C18H30N6O/c1-22-6-4-5-16(18(22)17-12-20-14-23(17)2)11-19-9-15-10-21-24(13-15)7-8-25-3/h10,12-14,16,18-19H,4-9,11H2,1-3H3/t16-,18+/m0/s1. The fourth-order valence-electron chi connectivity index (χ4n) is 3.80. The molecule has 138 valence electrons. The molecule has 0 radical (unpaired) electrons. The first kappa shape index (κ1) is 18.1. The predicted molar refractivity (Wildman–Crippen MR) is 97.1 cm³/mol. The number of piperidine rings is 1. The molecule has 0 aromatic carbocycles. The van der Waals surface area contributed by atoms with E-state index in [0.717, 1.165) is 26.2 Å². The Labute approximate surface area is 150 Å². The minimum atomic E-state index is 0.429. The number of ether oxygens (including phenoxy) is 1. The fraction of sp³-hybridized carbons (Fsp3) is 0.667. The van der Waals surface area contributed by atoms with Gasteiger partial charge in [0, 0.05) is 45.2 Å². The number of aromatic nitrogens is 4. The number of hydrogen-bond donors (Lipinski definition) is 1. The minimum absolute atomic E-state index is 0.429. The van der Waals surface area contributed by atoms with Crippen LogP contribution < -0.4 is 5.32 Å². The Bertz CT molecular complexity index is 652. The van der Waals surface area contributed by atoms with Crippen molar-refractivity contribution in [2.75, 3.05) is 33.9 Å². The lowest BCUT2D eigenvalue weighted by Crippen LogP contribution is -2.41. The summed E-state index contributed by atoms with van der Waals surface area (Å²) in [5.74, 6) is 0.595. The Hall–Kier alpha value is -1.70. The third-order valence-corrected chi connectivity index (χ3v) is 5.11. The van der Waals surface area contributed by atoms with Crippen LogP contribution in [0.3, 0.4) is 0 Å². The van der Waals surface area contributed by atoms with Crippen molar-refractivity contribution in [2.45, 2.75) is 32.0 Å². The van der Waals surface area contributed by atoms with Crippen LogP contribution in [0.1, 0.15) is 30.1 Å². The third-order valence-electron chi connectivity index (χ3n) is 5.11. The summed E-state index contributed by atoms with van der Waals surface area (Å²) in [5.41, 5.74) is 2.53. The smallest absolute Gasteiger partial charge is 0.0946 e. The van der Waals surface area contributed by atoms with Gasteiger partial charge in [0.1, 0.15) is 0 Å². The van der Waals surface area contributed by atoms with E-state index < -0.39 is 0 Å². The highest BCUT2D eigenvalue weighted by molar-refractivity contribution is 5.09. The molecule has 7 heteroatoms. The second kappa shape index (κ2) is 8.60. The van der Waals surface area contributed by atoms with E-state index in [1.165, 1.54) is 24.1 Å². The number of rotatable bonds is 8. The van der Waals surface area contributed by atoms with Gasteiger partial charge in [-0.05, 0) is 32.4 Å². The number of nitrogens with one attached hydrogen (secondary N) is 1. The van der Waals surface area contributed by atoms with Crippen LogP contribution in [-0.4, -0.2) is 58.1 Å². The van der Waals surface area contributed by atoms with Crippen LogP contribution in [0.5, 0.6) is 0 Å². The monoisotopic (exact) mass is 346 g/mol. The SMILES string of the molecule is COCCn1cc(CNC[C@@H]2CCCN(C)[C@H]2c2cncn2C)cn1. The molecule has 1 saturated heterocycles. The number of methoxy groups -OCH3 is 1. The van der Waals surface area contributed by atoms with E-state index >= 15 is 0 Å². The van der Waals surface area contributed by atoms with Gasteiger partial charge in [-0.25, -0.2) is 4.98 Å². The van der Waals surface area contributed by atoms with Crippen molar-refractivity contribution in [3.63, 3.8) is 0 Å². The average Bonchev–Trinajstić information content (AvgIpc) is 3.22. The minimum Gasteiger partial charge on any atom is -0.383 e. The Morgan fingerprint density at radius 3 is 2.96 bits per heavy atom. The highest BCUT2D eigenvalue weighted by atomic mass is 16.5. The summed E-state index contributed by atoms with van der Waals surface area (Å²) in [7, 11) is 6.03. The van der Waals surface area contributed by atoms with Crippen LogP contribution in [0.25, 0.3) is 0 Å². The molecule has 3 rings (SSSR count). The van der Waals surface area contributed by atoms with Crippen LogP contribution in [0.2, 0.25) is 0 Å². The van der Waals surface area contributed by atoms with Crippen LogP contribution >= 0.6 is 0 Å². The first-order chi connectivity index (χ1) is 12.2. The third kappa shape index (κ3) is 4.48. The maximum absolute atomic E-state index is 5.09. The Morgan fingerprint density at radius 2 is 2.20 bits per heavy atom. The van der Waals surface area contributed by atoms with E-state index in [-0.39, 0.29) is 0 Å². The zero-order valence-electron chi connectivity index (χ0n) is 15.6. The van der Waals surface area contributed by atoms with Gasteiger partial charge in [-0.2, -0.15) is 5.10 Å². The zero-order valence-corrected chi connectivity index (χ0v) is 15.6. The van der Waals surface area contributed by atoms with E-state index in [2.05, 4.69) is 45.2 Å². The second-order valence-corrected chi connectivity index (χ2v) is 6.99. The van der Waals surface area contributed by atoms with Crippen molar-refractivity contribution in [1.29, 1.82) is 0 Å². The Morgan fingerprint density at radius 1 is 1.32 bits per heavy atom. The average molecular weight is 346 g/mol. The van der Waals surface area contributed by atoms with E-state index in [9.17, 15) is 0 Å². The topological polar surface area (TPSA) is 60.1 Å². The number of likely N-dealkylation sites (tertiary alicyclic amines) is 1. The van der Waals surface area contributed by atoms with Gasteiger partial charge < -0.3 is 14.6 Å². The largest absolute Gasteiger partial charge is 0.383 e. The lowest BCUT2D eigenvalue weighted by molar-refractivity contribution is 0.113. The summed E-state index contributed by atoms with van der Waals surface area (Å²) in [6, 6.07) is 0.429. The van der Waals surface area contributed by atoms with Gasteiger partial charge in [0.15, 0.2) is 0 Å². The molecule has 7 nitrogen and oxygen atoms in total. The molecule has 0 saturated carbocycles. The quantitative estimate of drug-likeness (QED) is 0.784. The summed E-state index contributed by atoms with van der Waals surface area (Å²) in [6.07, 6.45) is 10.5. The summed E-state index contributed by atoms with van der Waals surface area (Å²) in [6.45, 7) is 4.50. The molecule has 0 unspecified atom stereocenters. The van der Waals surface area contributed by atoms with Crippen LogP contribution in [0.4, 0.5) is 0 Å². The number of nitrogens with zero attached hydrogens (tertiary/aromatic N) is 5. The fourth-order valence-corrected chi connectivity index (χ4v) is 3.80. The first-order valence-corrected chi connectivity index (χ1v) is 9.06. The molecule has 2 aromatic heterocycles. The normalized spacial score (nSPS) is 21.7. The highest BCUT2D eigenvalue weighted by Crippen LogP contribution is 2.34.